The number of nitrogens with zero attached hydrogens (tertiary/aromatic N) is 1. The summed E-state index contributed by atoms with van der Waals surface area (Å²) in [6.07, 6.45) is 3.50. The van der Waals surface area contributed by atoms with Crippen molar-refractivity contribution in [2.24, 2.45) is 0 Å². The molecule has 2 aromatic carbocycles. The number of carbonyl (C=O) groups is 1. The zero-order valence-corrected chi connectivity index (χ0v) is 21.8. The minimum atomic E-state index is -3.63. The van der Waals surface area contributed by atoms with Crippen molar-refractivity contribution in [1.29, 1.82) is 0 Å². The quantitative estimate of drug-likeness (QED) is 0.451. The van der Waals surface area contributed by atoms with Gasteiger partial charge < -0.3 is 14.4 Å². The summed E-state index contributed by atoms with van der Waals surface area (Å²) in [7, 11) is -0.536. The number of methoxy groups -OCH3 is 2. The molecular weight excluding hydrogens is 497 g/mol. The Morgan fingerprint density at radius 1 is 1.14 bits per heavy atom. The van der Waals surface area contributed by atoms with Gasteiger partial charge in [-0.25, -0.2) is 4.39 Å². The zero-order valence-electron chi connectivity index (χ0n) is 20.2. The van der Waals surface area contributed by atoms with Crippen molar-refractivity contribution in [2.75, 3.05) is 40.2 Å². The number of amides is 1. The predicted octanol–water partition coefficient (Wildman–Crippen LogP) is 4.36. The van der Waals surface area contributed by atoms with Crippen LogP contribution in [0.5, 0.6) is 11.5 Å². The minimum Gasteiger partial charge on any atom is -0.493 e. The van der Waals surface area contributed by atoms with Crippen LogP contribution in [0, 0.1) is 5.82 Å². The highest BCUT2D eigenvalue weighted by atomic mass is 35.5. The molecule has 7 nitrogen and oxygen atoms in total. The van der Waals surface area contributed by atoms with Crippen LogP contribution in [0.1, 0.15) is 36.8 Å². The fourth-order valence-corrected chi connectivity index (χ4v) is 5.22. The van der Waals surface area contributed by atoms with E-state index in [0.717, 1.165) is 24.7 Å². The molecule has 1 atom stereocenters. The highest BCUT2D eigenvalue weighted by Crippen LogP contribution is 2.41. The number of rotatable bonds is 9. The molecule has 0 spiro atoms. The van der Waals surface area contributed by atoms with Gasteiger partial charge in [-0.15, -0.1) is 0 Å². The average molecular weight is 528 g/mol. The maximum absolute atomic E-state index is 14.4. The topological polar surface area (TPSA) is 82.1 Å². The molecule has 1 fully saturated rings. The number of hydrogen-bond donors (Lipinski definition) is 0. The zero-order chi connectivity index (χ0) is 25.6. The fourth-order valence-electron chi connectivity index (χ4n) is 4.61. The molecule has 35 heavy (non-hydrogen) atoms. The van der Waals surface area contributed by atoms with Gasteiger partial charge in [0.1, 0.15) is 5.82 Å². The van der Waals surface area contributed by atoms with Crippen molar-refractivity contribution in [1.82, 2.24) is 4.90 Å². The molecular formula is C25H31ClFNO6S. The molecule has 1 aliphatic rings. The van der Waals surface area contributed by atoms with Gasteiger partial charge in [0.25, 0.3) is 10.1 Å². The highest BCUT2D eigenvalue weighted by molar-refractivity contribution is 7.85. The van der Waals surface area contributed by atoms with Crippen molar-refractivity contribution in [3.05, 3.63) is 58.4 Å². The van der Waals surface area contributed by atoms with Crippen LogP contribution in [0.15, 0.2) is 36.4 Å². The Morgan fingerprint density at radius 2 is 1.89 bits per heavy atom. The summed E-state index contributed by atoms with van der Waals surface area (Å²) in [6.45, 7) is 0.793. The van der Waals surface area contributed by atoms with Crippen LogP contribution in [0.3, 0.4) is 0 Å². The molecule has 1 amide bonds. The third-order valence-electron chi connectivity index (χ3n) is 6.44. The summed E-state index contributed by atoms with van der Waals surface area (Å²) in [5.41, 5.74) is 0.450. The van der Waals surface area contributed by atoms with Crippen molar-refractivity contribution in [3.8, 4) is 11.5 Å². The lowest BCUT2D eigenvalue weighted by molar-refractivity contribution is -0.131. The Balaban J connectivity index is 1.96. The summed E-state index contributed by atoms with van der Waals surface area (Å²) in [4.78, 5) is 15.0. The van der Waals surface area contributed by atoms with Crippen LogP contribution in [0.2, 0.25) is 5.02 Å². The second-order valence-corrected chi connectivity index (χ2v) is 10.8. The Hall–Kier alpha value is -2.36. The summed E-state index contributed by atoms with van der Waals surface area (Å²) < 4.78 is 53.6. The van der Waals surface area contributed by atoms with Crippen LogP contribution in [-0.4, -0.2) is 59.4 Å². The molecule has 3 rings (SSSR count). The number of hydrogen-bond acceptors (Lipinski definition) is 6. The molecule has 1 aliphatic heterocycles. The molecule has 0 aromatic heterocycles. The van der Waals surface area contributed by atoms with Crippen molar-refractivity contribution in [2.45, 2.75) is 37.5 Å². The summed E-state index contributed by atoms with van der Waals surface area (Å²) in [5.74, 6) is 0.337. The van der Waals surface area contributed by atoms with E-state index in [2.05, 4.69) is 0 Å². The van der Waals surface area contributed by atoms with E-state index >= 15 is 0 Å². The van der Waals surface area contributed by atoms with Crippen molar-refractivity contribution < 1.29 is 31.3 Å². The number of likely N-dealkylation sites (tertiary alicyclic amines) is 1. The van der Waals surface area contributed by atoms with E-state index in [1.165, 1.54) is 12.1 Å². The standard InChI is InChI=1S/C25H31ClFNO6S/c1-32-22-10-9-18(15-23(22)33-2)25(12-14-34-35(3,30)31)11-4-5-13-28(17-25)24(29)16-19-20(26)7-6-8-21(19)27/h6-10,15H,4-5,11-14,16-17H2,1-3H3/t25-/m1/s1. The summed E-state index contributed by atoms with van der Waals surface area (Å²) in [5, 5.41) is 0.209. The monoisotopic (exact) mass is 527 g/mol. The van der Waals surface area contributed by atoms with E-state index in [-0.39, 0.29) is 29.5 Å². The van der Waals surface area contributed by atoms with Crippen molar-refractivity contribution in [3.63, 3.8) is 0 Å². The van der Waals surface area contributed by atoms with E-state index in [1.54, 1.807) is 31.3 Å². The van der Waals surface area contributed by atoms with Gasteiger partial charge in [0.05, 0.1) is 33.5 Å². The van der Waals surface area contributed by atoms with Gasteiger partial charge in [-0.1, -0.05) is 30.2 Å². The predicted molar refractivity (Wildman–Crippen MR) is 132 cm³/mol. The average Bonchev–Trinajstić information content (AvgIpc) is 3.04. The lowest BCUT2D eigenvalue weighted by atomic mass is 9.74. The number of ether oxygens (including phenoxy) is 2. The lowest BCUT2D eigenvalue weighted by Crippen LogP contribution is -2.44. The van der Waals surface area contributed by atoms with Gasteiger partial charge in [-0.2, -0.15) is 8.42 Å². The lowest BCUT2D eigenvalue weighted by Gasteiger charge is -2.37. The molecule has 0 unspecified atom stereocenters. The number of benzene rings is 2. The van der Waals surface area contributed by atoms with E-state index in [0.29, 0.717) is 37.4 Å². The normalized spacial score (nSPS) is 18.7. The first-order valence-electron chi connectivity index (χ1n) is 11.4. The maximum atomic E-state index is 14.4. The van der Waals surface area contributed by atoms with Crippen LogP contribution >= 0.6 is 11.6 Å². The molecule has 1 saturated heterocycles. The minimum absolute atomic E-state index is 0.0334. The Morgan fingerprint density at radius 3 is 2.54 bits per heavy atom. The van der Waals surface area contributed by atoms with Gasteiger partial charge >= 0.3 is 0 Å². The Bertz CT molecular complexity index is 1140. The first-order valence-corrected chi connectivity index (χ1v) is 13.6. The first kappa shape index (κ1) is 27.2. The number of halogens is 2. The molecule has 0 radical (unpaired) electrons. The van der Waals surface area contributed by atoms with Gasteiger partial charge in [0, 0.05) is 29.1 Å². The van der Waals surface area contributed by atoms with E-state index < -0.39 is 21.4 Å². The van der Waals surface area contributed by atoms with E-state index in [9.17, 15) is 17.6 Å². The third-order valence-corrected chi connectivity index (χ3v) is 7.39. The summed E-state index contributed by atoms with van der Waals surface area (Å²) in [6, 6.07) is 9.91. The molecule has 0 aliphatic carbocycles. The van der Waals surface area contributed by atoms with Gasteiger partial charge in [0.15, 0.2) is 11.5 Å². The number of carbonyl (C=O) groups excluding carboxylic acids is 1. The largest absolute Gasteiger partial charge is 0.493 e. The molecule has 10 heteroatoms. The smallest absolute Gasteiger partial charge is 0.264 e. The maximum Gasteiger partial charge on any atom is 0.264 e. The second kappa shape index (κ2) is 11.6. The van der Waals surface area contributed by atoms with Crippen LogP contribution in [-0.2, 0) is 30.9 Å². The molecule has 192 valence electrons. The van der Waals surface area contributed by atoms with Gasteiger partial charge in [0.2, 0.25) is 5.91 Å². The van der Waals surface area contributed by atoms with E-state index in [4.69, 9.17) is 25.3 Å². The van der Waals surface area contributed by atoms with Crippen LogP contribution < -0.4 is 9.47 Å². The fraction of sp³-hybridized carbons (Fsp3) is 0.480. The Labute approximate surface area is 211 Å². The second-order valence-electron chi connectivity index (χ2n) is 8.78. The van der Waals surface area contributed by atoms with Gasteiger partial charge in [-0.05, 0) is 49.1 Å². The SMILES string of the molecule is COc1ccc([C@@]2(CCOS(C)(=O)=O)CCCCN(C(=O)Cc3c(F)cccc3Cl)C2)cc1OC. The molecule has 0 bridgehead atoms. The highest BCUT2D eigenvalue weighted by Gasteiger charge is 2.38. The van der Waals surface area contributed by atoms with Crippen LogP contribution in [0.4, 0.5) is 4.39 Å². The molecule has 2 aromatic rings. The summed E-state index contributed by atoms with van der Waals surface area (Å²) >= 11 is 6.16. The van der Waals surface area contributed by atoms with Crippen molar-refractivity contribution >= 4 is 27.6 Å². The molecule has 0 saturated carbocycles. The first-order chi connectivity index (χ1) is 16.6. The van der Waals surface area contributed by atoms with Gasteiger partial charge in [-0.3, -0.25) is 8.98 Å². The van der Waals surface area contributed by atoms with Crippen LogP contribution in [0.25, 0.3) is 0 Å². The molecule has 1 heterocycles. The van der Waals surface area contributed by atoms with E-state index in [1.807, 2.05) is 12.1 Å². The third kappa shape index (κ3) is 6.86. The molecule has 0 N–H and O–H groups in total. The Kier molecular flexibility index (Phi) is 9.01.